The molecule has 0 radical (unpaired) electrons. The van der Waals surface area contributed by atoms with Crippen LogP contribution in [0.3, 0.4) is 0 Å². The topological polar surface area (TPSA) is 159 Å². The molecule has 94 valence electrons. The van der Waals surface area contributed by atoms with Crippen LogP contribution < -0.4 is 9.79 Å². The normalized spacial score (nSPS) is 35.9. The molecule has 0 bridgehead atoms. The Bertz CT molecular complexity index is 311. The number of cyclic esters (lactones) is 1. The van der Waals surface area contributed by atoms with Crippen LogP contribution in [0, 0.1) is 0 Å². The van der Waals surface area contributed by atoms with Crippen molar-refractivity contribution in [2.75, 3.05) is 6.61 Å². The summed E-state index contributed by atoms with van der Waals surface area (Å²) in [5.74, 6) is -1.24. The van der Waals surface area contributed by atoms with Gasteiger partial charge in [-0.1, -0.05) is 0 Å². The van der Waals surface area contributed by atoms with Crippen molar-refractivity contribution in [2.45, 2.75) is 24.4 Å². The van der Waals surface area contributed by atoms with Gasteiger partial charge in [0.2, 0.25) is 0 Å². The van der Waals surface area contributed by atoms with E-state index in [0.717, 1.165) is 0 Å². The number of aliphatic hydroxyl groups is 3. The first kappa shape index (κ1) is 13.5. The third-order valence-electron chi connectivity index (χ3n) is 1.96. The number of esters is 1. The van der Waals surface area contributed by atoms with Gasteiger partial charge in [0.1, 0.15) is 12.2 Å². The zero-order chi connectivity index (χ0) is 12.5. The maximum absolute atomic E-state index is 10.9. The Kier molecular flexibility index (Phi) is 4.02. The third-order valence-corrected chi connectivity index (χ3v) is 2.43. The Morgan fingerprint density at radius 2 is 1.88 bits per heavy atom. The van der Waals surface area contributed by atoms with E-state index in [1.165, 1.54) is 0 Å². The van der Waals surface area contributed by atoms with Gasteiger partial charge in [0.05, 0.1) is 14.4 Å². The van der Waals surface area contributed by atoms with E-state index in [2.05, 4.69) is 9.26 Å². The molecule has 0 unspecified atom stereocenters. The van der Waals surface area contributed by atoms with Gasteiger partial charge >= 0.3 is 5.97 Å². The van der Waals surface area contributed by atoms with Gasteiger partial charge in [0.15, 0.2) is 12.2 Å². The van der Waals surface area contributed by atoms with Crippen molar-refractivity contribution in [3.05, 3.63) is 0 Å². The summed E-state index contributed by atoms with van der Waals surface area (Å²) in [6.07, 6.45) is -7.01. The highest BCUT2D eigenvalue weighted by molar-refractivity contribution is 7.43. The van der Waals surface area contributed by atoms with E-state index in [0.29, 0.717) is 0 Å². The monoisotopic (exact) mass is 256 g/mol. The van der Waals surface area contributed by atoms with Gasteiger partial charge in [-0.2, -0.15) is 0 Å². The molecule has 3 N–H and O–H groups in total. The molecule has 0 aromatic rings. The second kappa shape index (κ2) is 4.76. The number of phosphoric acid groups is 1. The summed E-state index contributed by atoms with van der Waals surface area (Å²) in [5.41, 5.74) is 0. The van der Waals surface area contributed by atoms with E-state index in [-0.39, 0.29) is 0 Å². The highest BCUT2D eigenvalue weighted by atomic mass is 31.2. The smallest absolute Gasteiger partial charge is 0.338 e. The molecule has 0 saturated carbocycles. The maximum atomic E-state index is 10.9. The molecule has 1 saturated heterocycles. The van der Waals surface area contributed by atoms with Gasteiger partial charge in [-0.25, -0.2) is 4.79 Å². The van der Waals surface area contributed by atoms with Gasteiger partial charge in [-0.3, -0.25) is 0 Å². The molecule has 9 nitrogen and oxygen atoms in total. The van der Waals surface area contributed by atoms with Crippen molar-refractivity contribution < 1.29 is 43.7 Å². The molecular weight excluding hydrogens is 247 g/mol. The fraction of sp³-hybridized carbons (Fsp3) is 0.833. The highest BCUT2D eigenvalue weighted by Crippen LogP contribution is 2.27. The van der Waals surface area contributed by atoms with Crippen LogP contribution in [0.4, 0.5) is 0 Å². The summed E-state index contributed by atoms with van der Waals surface area (Å²) in [6, 6.07) is 0. The van der Waals surface area contributed by atoms with Crippen molar-refractivity contribution in [1.29, 1.82) is 0 Å². The summed E-state index contributed by atoms with van der Waals surface area (Å²) in [7, 11) is -5.26. The summed E-state index contributed by atoms with van der Waals surface area (Å²) in [6.45, 7) is -0.916. The van der Waals surface area contributed by atoms with Crippen molar-refractivity contribution in [1.82, 2.24) is 0 Å². The molecule has 0 amide bonds. The molecule has 1 fully saturated rings. The maximum Gasteiger partial charge on any atom is 0.338 e. The predicted octanol–water partition coefficient (Wildman–Crippen LogP) is -4.16. The molecule has 0 aromatic heterocycles. The summed E-state index contributed by atoms with van der Waals surface area (Å²) < 4.78 is 18.3. The molecule has 0 aromatic carbocycles. The number of rotatable bonds is 3. The number of aliphatic hydroxyl groups excluding tert-OH is 3. The number of hydrogen-bond acceptors (Lipinski definition) is 9. The Balaban J connectivity index is 2.61. The van der Waals surface area contributed by atoms with E-state index in [1.54, 1.807) is 0 Å². The van der Waals surface area contributed by atoms with E-state index < -0.39 is 44.8 Å². The zero-order valence-corrected chi connectivity index (χ0v) is 8.65. The lowest BCUT2D eigenvalue weighted by atomic mass is 10.0. The van der Waals surface area contributed by atoms with Crippen LogP contribution in [-0.4, -0.2) is 52.3 Å². The van der Waals surface area contributed by atoms with Crippen LogP contribution in [0.15, 0.2) is 0 Å². The van der Waals surface area contributed by atoms with Crippen molar-refractivity contribution in [3.8, 4) is 0 Å². The van der Waals surface area contributed by atoms with E-state index in [9.17, 15) is 24.3 Å². The van der Waals surface area contributed by atoms with Crippen molar-refractivity contribution in [3.63, 3.8) is 0 Å². The lowest BCUT2D eigenvalue weighted by Crippen LogP contribution is -2.56. The number of ether oxygens (including phenoxy) is 1. The van der Waals surface area contributed by atoms with E-state index in [4.69, 9.17) is 10.2 Å². The minimum absolute atomic E-state index is 0.916. The molecule has 16 heavy (non-hydrogen) atoms. The van der Waals surface area contributed by atoms with Crippen LogP contribution in [0.5, 0.6) is 0 Å². The van der Waals surface area contributed by atoms with Crippen molar-refractivity contribution in [2.24, 2.45) is 0 Å². The second-order valence-electron chi connectivity index (χ2n) is 3.14. The first-order valence-electron chi connectivity index (χ1n) is 4.13. The molecule has 10 heteroatoms. The van der Waals surface area contributed by atoms with Crippen LogP contribution >= 0.6 is 7.82 Å². The molecule has 1 aliphatic heterocycles. The van der Waals surface area contributed by atoms with Crippen LogP contribution in [-0.2, 0) is 18.6 Å². The highest BCUT2D eigenvalue weighted by Gasteiger charge is 2.43. The molecule has 1 aliphatic rings. The standard InChI is InChI=1S/C6H11O9P/c7-3-2(1-14-16(11,12)13)15-6(10)5(9)4(3)8/h2-5,7-9H,1H2,(H2,11,12,13)/p-2/t2-,3-,4+,5-/m1/s1. The lowest BCUT2D eigenvalue weighted by molar-refractivity contribution is -0.343. The number of phosphoric ester groups is 1. The predicted molar refractivity (Wildman–Crippen MR) is 41.5 cm³/mol. The second-order valence-corrected chi connectivity index (χ2v) is 4.30. The molecule has 1 heterocycles. The third kappa shape index (κ3) is 3.22. The van der Waals surface area contributed by atoms with Gasteiger partial charge < -0.3 is 38.9 Å². The number of hydrogen-bond donors (Lipinski definition) is 3. The van der Waals surface area contributed by atoms with E-state index in [1.807, 2.05) is 0 Å². The minimum Gasteiger partial charge on any atom is -0.790 e. The average molecular weight is 256 g/mol. The number of carbonyl (C=O) groups is 1. The Morgan fingerprint density at radius 3 is 2.38 bits per heavy atom. The van der Waals surface area contributed by atoms with Crippen molar-refractivity contribution >= 4 is 13.8 Å². The fourth-order valence-electron chi connectivity index (χ4n) is 1.13. The molecule has 0 aliphatic carbocycles. The molecule has 4 atom stereocenters. The summed E-state index contributed by atoms with van der Waals surface area (Å²) >= 11 is 0. The first-order chi connectivity index (χ1) is 7.22. The molecule has 0 spiro atoms. The Hall–Kier alpha value is -0.540. The number of carbonyl (C=O) groups excluding carboxylic acids is 1. The van der Waals surface area contributed by atoms with Gasteiger partial charge in [-0.05, 0) is 0 Å². The fourth-order valence-corrected chi connectivity index (χ4v) is 1.46. The average Bonchev–Trinajstić information content (AvgIpc) is 2.17. The Morgan fingerprint density at radius 1 is 1.31 bits per heavy atom. The summed E-state index contributed by atoms with van der Waals surface area (Å²) in [4.78, 5) is 31.1. The quantitative estimate of drug-likeness (QED) is 0.336. The largest absolute Gasteiger partial charge is 0.790 e. The lowest BCUT2D eigenvalue weighted by Gasteiger charge is -2.36. The molecular formula is C6H9O9P-2. The van der Waals surface area contributed by atoms with Crippen LogP contribution in [0.2, 0.25) is 0 Å². The van der Waals surface area contributed by atoms with Gasteiger partial charge in [0, 0.05) is 0 Å². The minimum atomic E-state index is -5.26. The van der Waals surface area contributed by atoms with Crippen LogP contribution in [0.25, 0.3) is 0 Å². The zero-order valence-electron chi connectivity index (χ0n) is 7.75. The summed E-state index contributed by atoms with van der Waals surface area (Å²) in [5, 5.41) is 27.4. The van der Waals surface area contributed by atoms with Gasteiger partial charge in [0.25, 0.3) is 0 Å². The van der Waals surface area contributed by atoms with E-state index >= 15 is 0 Å². The molecule has 1 rings (SSSR count). The Labute approximate surface area is 89.5 Å². The SMILES string of the molecule is O=C1O[C@H](COP(=O)([O-])[O-])[C@@H](O)[C@H](O)[C@H]1O. The van der Waals surface area contributed by atoms with Crippen LogP contribution in [0.1, 0.15) is 0 Å². The first-order valence-corrected chi connectivity index (χ1v) is 5.60. The van der Waals surface area contributed by atoms with Gasteiger partial charge in [-0.15, -0.1) is 0 Å².